The summed E-state index contributed by atoms with van der Waals surface area (Å²) in [5.74, 6) is 0.861. The van der Waals surface area contributed by atoms with E-state index < -0.39 is 0 Å². The molecule has 0 aromatic rings. The molecule has 5 heteroatoms. The largest absolute Gasteiger partial charge is 0.383 e. The molecule has 1 unspecified atom stereocenters. The Bertz CT molecular complexity index is 290. The summed E-state index contributed by atoms with van der Waals surface area (Å²) in [6, 6.07) is 1.07. The summed E-state index contributed by atoms with van der Waals surface area (Å²) >= 11 is 0. The van der Waals surface area contributed by atoms with Crippen LogP contribution in [0, 0.1) is 0 Å². The lowest BCUT2D eigenvalue weighted by Crippen LogP contribution is -2.44. The van der Waals surface area contributed by atoms with Gasteiger partial charge in [0, 0.05) is 32.8 Å². The highest BCUT2D eigenvalue weighted by Gasteiger charge is 2.17. The van der Waals surface area contributed by atoms with Gasteiger partial charge in [0.15, 0.2) is 5.96 Å². The molecule has 2 N–H and O–H groups in total. The molecule has 0 aliphatic heterocycles. The number of hydrogen-bond acceptors (Lipinski definition) is 3. The van der Waals surface area contributed by atoms with E-state index in [1.807, 2.05) is 7.05 Å². The Morgan fingerprint density at radius 2 is 2.05 bits per heavy atom. The first-order chi connectivity index (χ1) is 10.2. The highest BCUT2D eigenvalue weighted by molar-refractivity contribution is 5.79. The number of ether oxygens (including phenoxy) is 1. The van der Waals surface area contributed by atoms with Crippen LogP contribution in [-0.2, 0) is 4.74 Å². The van der Waals surface area contributed by atoms with E-state index in [-0.39, 0.29) is 6.04 Å². The Morgan fingerprint density at radius 3 is 2.67 bits per heavy atom. The highest BCUT2D eigenvalue weighted by Crippen LogP contribution is 2.21. The van der Waals surface area contributed by atoms with Gasteiger partial charge in [-0.05, 0) is 39.8 Å². The number of methoxy groups -OCH3 is 1. The molecule has 0 bridgehead atoms. The molecule has 1 aliphatic carbocycles. The Labute approximate surface area is 130 Å². The standard InChI is InChI=1S/C16H34N4O/c1-14(13-21-4)19-16(17-2)18-11-8-12-20(3)15-9-6-5-7-10-15/h14-15H,5-13H2,1-4H3,(H2,17,18,19). The van der Waals surface area contributed by atoms with Gasteiger partial charge >= 0.3 is 0 Å². The first kappa shape index (κ1) is 18.2. The first-order valence-corrected chi connectivity index (χ1v) is 8.33. The fraction of sp³-hybridized carbons (Fsp3) is 0.938. The van der Waals surface area contributed by atoms with Crippen molar-refractivity contribution in [2.45, 2.75) is 57.5 Å². The van der Waals surface area contributed by atoms with Gasteiger partial charge in [-0.25, -0.2) is 0 Å². The van der Waals surface area contributed by atoms with E-state index in [4.69, 9.17) is 4.74 Å². The summed E-state index contributed by atoms with van der Waals surface area (Å²) in [6.45, 7) is 4.89. The molecule has 0 amide bonds. The zero-order valence-electron chi connectivity index (χ0n) is 14.3. The minimum absolute atomic E-state index is 0.270. The summed E-state index contributed by atoms with van der Waals surface area (Å²) in [4.78, 5) is 6.77. The smallest absolute Gasteiger partial charge is 0.191 e. The van der Waals surface area contributed by atoms with Crippen molar-refractivity contribution in [1.82, 2.24) is 15.5 Å². The van der Waals surface area contributed by atoms with Gasteiger partial charge in [0.25, 0.3) is 0 Å². The molecule has 1 rings (SSSR count). The van der Waals surface area contributed by atoms with Crippen LogP contribution in [0.1, 0.15) is 45.4 Å². The third kappa shape index (κ3) is 7.67. The Hall–Kier alpha value is -0.810. The normalized spacial score (nSPS) is 18.8. The van der Waals surface area contributed by atoms with Crippen molar-refractivity contribution in [3.8, 4) is 0 Å². The van der Waals surface area contributed by atoms with Gasteiger partial charge in [-0.1, -0.05) is 19.3 Å². The fourth-order valence-corrected chi connectivity index (χ4v) is 2.96. The van der Waals surface area contributed by atoms with Gasteiger partial charge in [-0.2, -0.15) is 0 Å². The number of nitrogens with one attached hydrogen (secondary N) is 2. The van der Waals surface area contributed by atoms with Crippen LogP contribution in [0.5, 0.6) is 0 Å². The number of aliphatic imine (C=N–C) groups is 1. The van der Waals surface area contributed by atoms with Crippen molar-refractivity contribution in [3.05, 3.63) is 0 Å². The summed E-state index contributed by atoms with van der Waals surface area (Å²) in [7, 11) is 5.79. The Morgan fingerprint density at radius 1 is 1.33 bits per heavy atom. The van der Waals surface area contributed by atoms with Gasteiger partial charge in [-0.3, -0.25) is 4.99 Å². The molecular formula is C16H34N4O. The molecule has 124 valence electrons. The summed E-state index contributed by atoms with van der Waals surface area (Å²) < 4.78 is 5.12. The Balaban J connectivity index is 2.13. The maximum absolute atomic E-state index is 5.12. The fourth-order valence-electron chi connectivity index (χ4n) is 2.96. The molecule has 1 fully saturated rings. The van der Waals surface area contributed by atoms with E-state index >= 15 is 0 Å². The third-order valence-corrected chi connectivity index (χ3v) is 4.20. The van der Waals surface area contributed by atoms with E-state index in [1.54, 1.807) is 7.11 Å². The zero-order valence-corrected chi connectivity index (χ0v) is 14.3. The van der Waals surface area contributed by atoms with Crippen LogP contribution < -0.4 is 10.6 Å². The molecule has 1 aliphatic rings. The lowest BCUT2D eigenvalue weighted by Gasteiger charge is -2.31. The van der Waals surface area contributed by atoms with Crippen LogP contribution in [0.2, 0.25) is 0 Å². The van der Waals surface area contributed by atoms with Crippen molar-refractivity contribution < 1.29 is 4.74 Å². The van der Waals surface area contributed by atoms with Gasteiger partial charge in [0.2, 0.25) is 0 Å². The van der Waals surface area contributed by atoms with Crippen LogP contribution in [0.15, 0.2) is 4.99 Å². The second-order valence-corrected chi connectivity index (χ2v) is 6.13. The average Bonchev–Trinajstić information content (AvgIpc) is 2.51. The second kappa shape index (κ2) is 10.9. The van der Waals surface area contributed by atoms with Crippen molar-refractivity contribution >= 4 is 5.96 Å². The van der Waals surface area contributed by atoms with E-state index in [0.717, 1.165) is 31.5 Å². The molecule has 0 radical (unpaired) electrons. The SMILES string of the molecule is CN=C(NCCCN(C)C1CCCCC1)NC(C)COC. The number of nitrogens with zero attached hydrogens (tertiary/aromatic N) is 2. The van der Waals surface area contributed by atoms with Crippen LogP contribution in [-0.4, -0.2) is 63.8 Å². The van der Waals surface area contributed by atoms with E-state index in [2.05, 4.69) is 34.5 Å². The summed E-state index contributed by atoms with van der Waals surface area (Å²) in [5, 5.41) is 6.69. The second-order valence-electron chi connectivity index (χ2n) is 6.13. The molecule has 0 aromatic carbocycles. The molecular weight excluding hydrogens is 264 g/mol. The first-order valence-electron chi connectivity index (χ1n) is 8.33. The van der Waals surface area contributed by atoms with Crippen molar-refractivity contribution in [1.29, 1.82) is 0 Å². The average molecular weight is 298 g/mol. The predicted molar refractivity (Wildman–Crippen MR) is 90.0 cm³/mol. The summed E-state index contributed by atoms with van der Waals surface area (Å²) in [6.07, 6.45) is 8.13. The monoisotopic (exact) mass is 298 g/mol. The maximum atomic E-state index is 5.12. The molecule has 0 heterocycles. The zero-order chi connectivity index (χ0) is 15.5. The van der Waals surface area contributed by atoms with Gasteiger partial charge < -0.3 is 20.3 Å². The van der Waals surface area contributed by atoms with Crippen LogP contribution in [0.4, 0.5) is 0 Å². The minimum Gasteiger partial charge on any atom is -0.383 e. The highest BCUT2D eigenvalue weighted by atomic mass is 16.5. The predicted octanol–water partition coefficient (Wildman–Crippen LogP) is 1.84. The number of rotatable bonds is 8. The number of guanidine groups is 1. The van der Waals surface area contributed by atoms with Gasteiger partial charge in [0.1, 0.15) is 0 Å². The lowest BCUT2D eigenvalue weighted by molar-refractivity contribution is 0.178. The molecule has 1 atom stereocenters. The van der Waals surface area contributed by atoms with Crippen LogP contribution in [0.3, 0.4) is 0 Å². The van der Waals surface area contributed by atoms with Crippen LogP contribution >= 0.6 is 0 Å². The minimum atomic E-state index is 0.270. The topological polar surface area (TPSA) is 48.9 Å². The maximum Gasteiger partial charge on any atom is 0.191 e. The van der Waals surface area contributed by atoms with Crippen molar-refractivity contribution in [2.75, 3.05) is 40.9 Å². The van der Waals surface area contributed by atoms with E-state index in [1.165, 1.54) is 32.1 Å². The summed E-state index contributed by atoms with van der Waals surface area (Å²) in [5.41, 5.74) is 0. The molecule has 5 nitrogen and oxygen atoms in total. The molecule has 21 heavy (non-hydrogen) atoms. The number of hydrogen-bond donors (Lipinski definition) is 2. The van der Waals surface area contributed by atoms with E-state index in [0.29, 0.717) is 6.61 Å². The van der Waals surface area contributed by atoms with Crippen molar-refractivity contribution in [3.63, 3.8) is 0 Å². The molecule has 0 spiro atoms. The van der Waals surface area contributed by atoms with Gasteiger partial charge in [-0.15, -0.1) is 0 Å². The quantitative estimate of drug-likeness (QED) is 0.408. The molecule has 0 aromatic heterocycles. The van der Waals surface area contributed by atoms with E-state index in [9.17, 15) is 0 Å². The van der Waals surface area contributed by atoms with Crippen molar-refractivity contribution in [2.24, 2.45) is 4.99 Å². The molecule has 0 saturated heterocycles. The van der Waals surface area contributed by atoms with Crippen LogP contribution in [0.25, 0.3) is 0 Å². The third-order valence-electron chi connectivity index (χ3n) is 4.20. The lowest BCUT2D eigenvalue weighted by atomic mass is 9.94. The Kier molecular flexibility index (Phi) is 9.42. The molecule has 1 saturated carbocycles. The van der Waals surface area contributed by atoms with Gasteiger partial charge in [0.05, 0.1) is 6.61 Å².